The number of anilines is 1. The molecular weight excluding hydrogens is 499 g/mol. The molecule has 1 aromatic heterocycles. The number of guanidine groups is 1. The molecule has 3 N–H and O–H groups in total. The number of halogens is 2. The molecule has 0 aliphatic carbocycles. The second-order valence-electron chi connectivity index (χ2n) is 5.19. The van der Waals surface area contributed by atoms with Crippen LogP contribution in [0.5, 0.6) is 0 Å². The Hall–Kier alpha value is -1.55. The lowest BCUT2D eigenvalue weighted by Crippen LogP contribution is -2.38. The van der Waals surface area contributed by atoms with E-state index in [1.807, 2.05) is 37.3 Å². The topological polar surface area (TPSA) is 78.7 Å². The molecule has 0 aliphatic heterocycles. The SMILES string of the molecule is CN=C(NCCC(=O)Nc1cc(Br)ccc1C)NCc1ccco1.I. The van der Waals surface area contributed by atoms with E-state index in [9.17, 15) is 4.79 Å². The third-order valence-corrected chi connectivity index (χ3v) is 3.85. The normalized spacial score (nSPS) is 10.8. The number of aryl methyl sites for hydroxylation is 1. The van der Waals surface area contributed by atoms with Gasteiger partial charge in [0.25, 0.3) is 0 Å². The first-order valence-electron chi connectivity index (χ1n) is 7.61. The Bertz CT molecular complexity index is 705. The Balaban J connectivity index is 0.00000312. The number of amides is 1. The molecular formula is C17H22BrIN4O2. The van der Waals surface area contributed by atoms with Gasteiger partial charge >= 0.3 is 0 Å². The maximum Gasteiger partial charge on any atom is 0.226 e. The lowest BCUT2D eigenvalue weighted by Gasteiger charge is -2.12. The average Bonchev–Trinajstić information content (AvgIpc) is 3.07. The first-order valence-corrected chi connectivity index (χ1v) is 8.40. The zero-order valence-electron chi connectivity index (χ0n) is 14.1. The van der Waals surface area contributed by atoms with Gasteiger partial charge in [0.05, 0.1) is 12.8 Å². The summed E-state index contributed by atoms with van der Waals surface area (Å²) >= 11 is 3.41. The van der Waals surface area contributed by atoms with E-state index < -0.39 is 0 Å². The fraction of sp³-hybridized carbons (Fsp3) is 0.294. The molecule has 0 bridgehead atoms. The molecule has 25 heavy (non-hydrogen) atoms. The van der Waals surface area contributed by atoms with E-state index in [4.69, 9.17) is 4.42 Å². The molecule has 2 rings (SSSR count). The maximum absolute atomic E-state index is 12.0. The summed E-state index contributed by atoms with van der Waals surface area (Å²) in [6.45, 7) is 2.98. The number of aliphatic imine (C=N–C) groups is 1. The van der Waals surface area contributed by atoms with Gasteiger partial charge < -0.3 is 20.4 Å². The van der Waals surface area contributed by atoms with Crippen LogP contribution in [0, 0.1) is 6.92 Å². The van der Waals surface area contributed by atoms with Gasteiger partial charge in [0.2, 0.25) is 5.91 Å². The van der Waals surface area contributed by atoms with Crippen molar-refractivity contribution in [1.82, 2.24) is 10.6 Å². The van der Waals surface area contributed by atoms with Gasteiger partial charge in [-0.05, 0) is 36.8 Å². The molecule has 0 atom stereocenters. The van der Waals surface area contributed by atoms with E-state index in [0.717, 1.165) is 21.5 Å². The zero-order chi connectivity index (χ0) is 17.4. The second kappa shape index (κ2) is 11.1. The molecule has 0 fully saturated rings. The summed E-state index contributed by atoms with van der Waals surface area (Å²) in [5.74, 6) is 1.39. The Kier molecular flexibility index (Phi) is 9.58. The molecule has 2 aromatic rings. The van der Waals surface area contributed by atoms with Crippen LogP contribution in [0.25, 0.3) is 0 Å². The number of carbonyl (C=O) groups excluding carboxylic acids is 1. The highest BCUT2D eigenvalue weighted by atomic mass is 127. The highest BCUT2D eigenvalue weighted by molar-refractivity contribution is 14.0. The second-order valence-corrected chi connectivity index (χ2v) is 6.11. The smallest absolute Gasteiger partial charge is 0.226 e. The van der Waals surface area contributed by atoms with E-state index in [-0.39, 0.29) is 29.9 Å². The number of benzene rings is 1. The van der Waals surface area contributed by atoms with Crippen molar-refractivity contribution >= 4 is 57.5 Å². The third-order valence-electron chi connectivity index (χ3n) is 3.35. The molecule has 0 spiro atoms. The summed E-state index contributed by atoms with van der Waals surface area (Å²) in [6, 6.07) is 9.51. The fourth-order valence-electron chi connectivity index (χ4n) is 2.04. The first kappa shape index (κ1) is 21.5. The van der Waals surface area contributed by atoms with E-state index in [1.54, 1.807) is 13.3 Å². The van der Waals surface area contributed by atoms with E-state index in [0.29, 0.717) is 25.5 Å². The summed E-state index contributed by atoms with van der Waals surface area (Å²) < 4.78 is 6.18. The zero-order valence-corrected chi connectivity index (χ0v) is 18.1. The quantitative estimate of drug-likeness (QED) is 0.308. The number of hydrogen-bond donors (Lipinski definition) is 3. The minimum Gasteiger partial charge on any atom is -0.467 e. The van der Waals surface area contributed by atoms with Crippen LogP contribution in [0.2, 0.25) is 0 Å². The van der Waals surface area contributed by atoms with Crippen LogP contribution >= 0.6 is 39.9 Å². The number of rotatable bonds is 6. The van der Waals surface area contributed by atoms with Gasteiger partial charge in [0.15, 0.2) is 5.96 Å². The molecule has 0 radical (unpaired) electrons. The molecule has 6 nitrogen and oxygen atoms in total. The largest absolute Gasteiger partial charge is 0.467 e. The van der Waals surface area contributed by atoms with Crippen molar-refractivity contribution in [2.45, 2.75) is 19.9 Å². The number of hydrogen-bond acceptors (Lipinski definition) is 3. The van der Waals surface area contributed by atoms with E-state index in [2.05, 4.69) is 36.9 Å². The molecule has 1 heterocycles. The molecule has 1 amide bonds. The summed E-state index contributed by atoms with van der Waals surface area (Å²) in [5, 5.41) is 9.13. The molecule has 0 saturated heterocycles. The molecule has 136 valence electrons. The van der Waals surface area contributed by atoms with Crippen molar-refractivity contribution in [3.05, 3.63) is 52.4 Å². The number of nitrogens with zero attached hydrogens (tertiary/aromatic N) is 1. The van der Waals surface area contributed by atoms with Crippen LogP contribution in [-0.2, 0) is 11.3 Å². The van der Waals surface area contributed by atoms with E-state index >= 15 is 0 Å². The Morgan fingerprint density at radius 2 is 2.08 bits per heavy atom. The van der Waals surface area contributed by atoms with Crippen LogP contribution in [0.1, 0.15) is 17.7 Å². The molecule has 8 heteroatoms. The highest BCUT2D eigenvalue weighted by Gasteiger charge is 2.06. The minimum absolute atomic E-state index is 0. The molecule has 0 unspecified atom stereocenters. The first-order chi connectivity index (χ1) is 11.6. The van der Waals surface area contributed by atoms with Gasteiger partial charge in [-0.15, -0.1) is 24.0 Å². The Labute approximate surface area is 173 Å². The standard InChI is InChI=1S/C17H21BrN4O2.HI/c1-12-5-6-13(18)10-15(12)22-16(23)7-8-20-17(19-2)21-11-14-4-3-9-24-14;/h3-6,9-10H,7-8,11H2,1-2H3,(H,22,23)(H2,19,20,21);1H. The average molecular weight is 521 g/mol. The van der Waals surface area contributed by atoms with Crippen molar-refractivity contribution in [2.24, 2.45) is 4.99 Å². The van der Waals surface area contributed by atoms with Crippen LogP contribution < -0.4 is 16.0 Å². The molecule has 0 aliphatic rings. The lowest BCUT2D eigenvalue weighted by molar-refractivity contribution is -0.116. The molecule has 1 aromatic carbocycles. The summed E-state index contributed by atoms with van der Waals surface area (Å²) in [6.07, 6.45) is 1.97. The Morgan fingerprint density at radius 1 is 1.28 bits per heavy atom. The Morgan fingerprint density at radius 3 is 2.76 bits per heavy atom. The third kappa shape index (κ3) is 7.47. The van der Waals surface area contributed by atoms with Gasteiger partial charge in [-0.3, -0.25) is 9.79 Å². The number of carbonyl (C=O) groups is 1. The van der Waals surface area contributed by atoms with Crippen molar-refractivity contribution in [3.8, 4) is 0 Å². The summed E-state index contributed by atoms with van der Waals surface area (Å²) in [7, 11) is 1.68. The fourth-order valence-corrected chi connectivity index (χ4v) is 2.40. The van der Waals surface area contributed by atoms with E-state index in [1.165, 1.54) is 0 Å². The summed E-state index contributed by atoms with van der Waals surface area (Å²) in [4.78, 5) is 16.2. The van der Waals surface area contributed by atoms with Gasteiger partial charge in [-0.25, -0.2) is 0 Å². The van der Waals surface area contributed by atoms with Crippen LogP contribution in [0.3, 0.4) is 0 Å². The van der Waals surface area contributed by atoms with Crippen LogP contribution in [0.4, 0.5) is 5.69 Å². The monoisotopic (exact) mass is 520 g/mol. The predicted molar refractivity (Wildman–Crippen MR) is 114 cm³/mol. The number of furan rings is 1. The molecule has 0 saturated carbocycles. The van der Waals surface area contributed by atoms with Crippen molar-refractivity contribution in [2.75, 3.05) is 18.9 Å². The van der Waals surface area contributed by atoms with Gasteiger partial charge in [0, 0.05) is 30.2 Å². The van der Waals surface area contributed by atoms with Crippen LogP contribution in [0.15, 0.2) is 50.5 Å². The predicted octanol–water partition coefficient (Wildman–Crippen LogP) is 3.66. The highest BCUT2D eigenvalue weighted by Crippen LogP contribution is 2.20. The summed E-state index contributed by atoms with van der Waals surface area (Å²) in [5.41, 5.74) is 1.84. The van der Waals surface area contributed by atoms with Gasteiger partial charge in [-0.1, -0.05) is 22.0 Å². The van der Waals surface area contributed by atoms with Crippen molar-refractivity contribution < 1.29 is 9.21 Å². The van der Waals surface area contributed by atoms with Crippen molar-refractivity contribution in [3.63, 3.8) is 0 Å². The van der Waals surface area contributed by atoms with Gasteiger partial charge in [0.1, 0.15) is 5.76 Å². The minimum atomic E-state index is -0.0508. The maximum atomic E-state index is 12.0. The van der Waals surface area contributed by atoms with Crippen LogP contribution in [-0.4, -0.2) is 25.5 Å². The number of nitrogens with one attached hydrogen (secondary N) is 3. The van der Waals surface area contributed by atoms with Gasteiger partial charge in [-0.2, -0.15) is 0 Å². The van der Waals surface area contributed by atoms with Crippen molar-refractivity contribution in [1.29, 1.82) is 0 Å². The lowest BCUT2D eigenvalue weighted by atomic mass is 10.2.